The minimum Gasteiger partial charge on any atom is -0.334 e. The van der Waals surface area contributed by atoms with Gasteiger partial charge in [-0.15, -0.1) is 0 Å². The number of amides is 3. The van der Waals surface area contributed by atoms with E-state index in [4.69, 9.17) is 5.73 Å². The second-order valence-electron chi connectivity index (χ2n) is 6.72. The standard InChI is InChI=1S/C16H23N3O2/c1-16(2,3)9-12-8-14(20)19(15(21)18-12)13-6-4-11(10-17)5-7-13/h4-7,12H,8-10,17H2,1-3H3,(H,18,21). The molecule has 0 aromatic heterocycles. The van der Waals surface area contributed by atoms with Gasteiger partial charge in [-0.3, -0.25) is 4.79 Å². The molecule has 0 radical (unpaired) electrons. The second-order valence-corrected chi connectivity index (χ2v) is 6.72. The minimum absolute atomic E-state index is 0.0726. The summed E-state index contributed by atoms with van der Waals surface area (Å²) < 4.78 is 0. The fraction of sp³-hybridized carbons (Fsp3) is 0.500. The van der Waals surface area contributed by atoms with E-state index >= 15 is 0 Å². The van der Waals surface area contributed by atoms with Crippen molar-refractivity contribution in [1.82, 2.24) is 5.32 Å². The van der Waals surface area contributed by atoms with Crippen molar-refractivity contribution in [1.29, 1.82) is 0 Å². The van der Waals surface area contributed by atoms with E-state index in [1.54, 1.807) is 12.1 Å². The van der Waals surface area contributed by atoms with Crippen molar-refractivity contribution in [3.8, 4) is 0 Å². The van der Waals surface area contributed by atoms with Gasteiger partial charge in [0.25, 0.3) is 0 Å². The molecule has 1 aliphatic heterocycles. The summed E-state index contributed by atoms with van der Waals surface area (Å²) in [6.07, 6.45) is 1.12. The highest BCUT2D eigenvalue weighted by Gasteiger charge is 2.34. The van der Waals surface area contributed by atoms with E-state index in [0.717, 1.165) is 12.0 Å². The first-order valence-electron chi connectivity index (χ1n) is 7.22. The van der Waals surface area contributed by atoms with Gasteiger partial charge in [0.2, 0.25) is 5.91 Å². The largest absolute Gasteiger partial charge is 0.334 e. The third-order valence-electron chi connectivity index (χ3n) is 3.49. The van der Waals surface area contributed by atoms with E-state index in [1.807, 2.05) is 12.1 Å². The second kappa shape index (κ2) is 5.85. The monoisotopic (exact) mass is 289 g/mol. The fourth-order valence-corrected chi connectivity index (χ4v) is 2.61. The summed E-state index contributed by atoms with van der Waals surface area (Å²) in [4.78, 5) is 25.7. The lowest BCUT2D eigenvalue weighted by atomic mass is 9.86. The molecule has 0 bridgehead atoms. The molecule has 5 heteroatoms. The molecule has 3 amide bonds. The van der Waals surface area contributed by atoms with Crippen molar-refractivity contribution >= 4 is 17.6 Å². The van der Waals surface area contributed by atoms with E-state index in [-0.39, 0.29) is 23.4 Å². The van der Waals surface area contributed by atoms with Crippen LogP contribution in [0.2, 0.25) is 0 Å². The molecule has 1 atom stereocenters. The van der Waals surface area contributed by atoms with Crippen molar-refractivity contribution in [2.75, 3.05) is 4.90 Å². The molecule has 0 aliphatic carbocycles. The zero-order valence-corrected chi connectivity index (χ0v) is 12.8. The molecule has 0 spiro atoms. The van der Waals surface area contributed by atoms with E-state index in [9.17, 15) is 9.59 Å². The molecular formula is C16H23N3O2. The quantitative estimate of drug-likeness (QED) is 0.897. The number of rotatable bonds is 3. The summed E-state index contributed by atoms with van der Waals surface area (Å²) >= 11 is 0. The lowest BCUT2D eigenvalue weighted by Gasteiger charge is -2.34. The number of nitrogens with one attached hydrogen (secondary N) is 1. The molecule has 1 unspecified atom stereocenters. The van der Waals surface area contributed by atoms with Gasteiger partial charge in [-0.05, 0) is 29.5 Å². The highest BCUT2D eigenvalue weighted by atomic mass is 16.2. The Morgan fingerprint density at radius 1 is 1.24 bits per heavy atom. The topological polar surface area (TPSA) is 75.4 Å². The van der Waals surface area contributed by atoms with Gasteiger partial charge in [0.05, 0.1) is 5.69 Å². The van der Waals surface area contributed by atoms with Gasteiger partial charge in [-0.25, -0.2) is 9.69 Å². The van der Waals surface area contributed by atoms with Crippen LogP contribution in [0.4, 0.5) is 10.5 Å². The van der Waals surface area contributed by atoms with Crippen LogP contribution in [0.1, 0.15) is 39.2 Å². The highest BCUT2D eigenvalue weighted by molar-refractivity contribution is 6.16. The maximum absolute atomic E-state index is 12.3. The number of urea groups is 1. The molecule has 5 nitrogen and oxygen atoms in total. The maximum Gasteiger partial charge on any atom is 0.328 e. The zero-order chi connectivity index (χ0) is 15.6. The van der Waals surface area contributed by atoms with Gasteiger partial charge in [-0.1, -0.05) is 32.9 Å². The Hall–Kier alpha value is -1.88. The van der Waals surface area contributed by atoms with Crippen LogP contribution in [-0.2, 0) is 11.3 Å². The number of nitrogens with two attached hydrogens (primary N) is 1. The maximum atomic E-state index is 12.3. The lowest BCUT2D eigenvalue weighted by Crippen LogP contribution is -2.55. The molecule has 1 aliphatic rings. The Labute approximate surface area is 125 Å². The van der Waals surface area contributed by atoms with Gasteiger partial charge < -0.3 is 11.1 Å². The van der Waals surface area contributed by atoms with Crippen LogP contribution in [0, 0.1) is 5.41 Å². The SMILES string of the molecule is CC(C)(C)CC1CC(=O)N(c2ccc(CN)cc2)C(=O)N1. The van der Waals surface area contributed by atoms with Crippen LogP contribution in [0.25, 0.3) is 0 Å². The number of imide groups is 1. The number of carbonyl (C=O) groups excluding carboxylic acids is 2. The van der Waals surface area contributed by atoms with Gasteiger partial charge in [0.1, 0.15) is 0 Å². The van der Waals surface area contributed by atoms with Crippen molar-refractivity contribution < 1.29 is 9.59 Å². The summed E-state index contributed by atoms with van der Waals surface area (Å²) in [5.41, 5.74) is 7.18. The molecule has 21 heavy (non-hydrogen) atoms. The molecule has 114 valence electrons. The number of nitrogens with zero attached hydrogens (tertiary/aromatic N) is 1. The number of hydrogen-bond donors (Lipinski definition) is 2. The molecule has 1 fully saturated rings. The van der Waals surface area contributed by atoms with Crippen molar-refractivity contribution in [3.05, 3.63) is 29.8 Å². The first-order valence-corrected chi connectivity index (χ1v) is 7.22. The number of carbonyl (C=O) groups is 2. The summed E-state index contributed by atoms with van der Waals surface area (Å²) in [5.74, 6) is -0.159. The Kier molecular flexibility index (Phi) is 4.32. The zero-order valence-electron chi connectivity index (χ0n) is 12.8. The van der Waals surface area contributed by atoms with Crippen LogP contribution < -0.4 is 16.0 Å². The van der Waals surface area contributed by atoms with Gasteiger partial charge >= 0.3 is 6.03 Å². The number of anilines is 1. The molecular weight excluding hydrogens is 266 g/mol. The first-order chi connectivity index (χ1) is 9.80. The average molecular weight is 289 g/mol. The Morgan fingerprint density at radius 2 is 1.86 bits per heavy atom. The predicted octanol–water partition coefficient (Wildman–Crippen LogP) is 2.40. The average Bonchev–Trinajstić information content (AvgIpc) is 2.36. The first kappa shape index (κ1) is 15.5. The summed E-state index contributed by atoms with van der Waals surface area (Å²) in [7, 11) is 0. The molecule has 1 saturated heterocycles. The third kappa shape index (κ3) is 3.82. The molecule has 3 N–H and O–H groups in total. The summed E-state index contributed by atoms with van der Waals surface area (Å²) in [5, 5.41) is 2.92. The van der Waals surface area contributed by atoms with E-state index in [2.05, 4.69) is 26.1 Å². The minimum atomic E-state index is -0.346. The molecule has 1 aromatic rings. The fourth-order valence-electron chi connectivity index (χ4n) is 2.61. The number of benzene rings is 1. The molecule has 1 aromatic carbocycles. The lowest BCUT2D eigenvalue weighted by molar-refractivity contribution is -0.119. The van der Waals surface area contributed by atoms with Gasteiger partial charge in [-0.2, -0.15) is 0 Å². The molecule has 2 rings (SSSR count). The third-order valence-corrected chi connectivity index (χ3v) is 3.49. The van der Waals surface area contributed by atoms with Gasteiger partial charge in [0, 0.05) is 19.0 Å². The normalized spacial score (nSPS) is 19.6. The Bertz CT molecular complexity index is 513. The van der Waals surface area contributed by atoms with Crippen LogP contribution in [0.5, 0.6) is 0 Å². The van der Waals surface area contributed by atoms with Crippen LogP contribution in [0.15, 0.2) is 24.3 Å². The van der Waals surface area contributed by atoms with Crippen LogP contribution >= 0.6 is 0 Å². The highest BCUT2D eigenvalue weighted by Crippen LogP contribution is 2.26. The van der Waals surface area contributed by atoms with E-state index < -0.39 is 0 Å². The molecule has 0 saturated carbocycles. The number of hydrogen-bond acceptors (Lipinski definition) is 3. The van der Waals surface area contributed by atoms with Crippen molar-refractivity contribution in [3.63, 3.8) is 0 Å². The smallest absolute Gasteiger partial charge is 0.328 e. The Balaban J connectivity index is 2.12. The molecule has 1 heterocycles. The van der Waals surface area contributed by atoms with Gasteiger partial charge in [0.15, 0.2) is 0 Å². The predicted molar refractivity (Wildman–Crippen MR) is 82.8 cm³/mol. The van der Waals surface area contributed by atoms with Crippen molar-refractivity contribution in [2.24, 2.45) is 11.1 Å². The summed E-state index contributed by atoms with van der Waals surface area (Å²) in [6.45, 7) is 6.73. The van der Waals surface area contributed by atoms with Crippen LogP contribution in [0.3, 0.4) is 0 Å². The van der Waals surface area contributed by atoms with Crippen LogP contribution in [-0.4, -0.2) is 18.0 Å². The summed E-state index contributed by atoms with van der Waals surface area (Å²) in [6, 6.07) is 6.73. The van der Waals surface area contributed by atoms with E-state index in [0.29, 0.717) is 18.7 Å². The van der Waals surface area contributed by atoms with E-state index in [1.165, 1.54) is 4.90 Å². The Morgan fingerprint density at radius 3 is 2.33 bits per heavy atom. The van der Waals surface area contributed by atoms with Crippen molar-refractivity contribution in [2.45, 2.75) is 46.2 Å².